The maximum atomic E-state index is 5.65. The predicted octanol–water partition coefficient (Wildman–Crippen LogP) is 2.02. The third kappa shape index (κ3) is 1.95. The van der Waals surface area contributed by atoms with Crippen LogP contribution in [0.25, 0.3) is 11.0 Å². The minimum Gasteiger partial charge on any atom is -0.331 e. The Hall–Kier alpha value is -1.35. The Morgan fingerprint density at radius 1 is 1.44 bits per heavy atom. The second-order valence-corrected chi connectivity index (χ2v) is 4.62. The second kappa shape index (κ2) is 4.26. The fourth-order valence-electron chi connectivity index (χ4n) is 1.94. The zero-order valence-electron chi connectivity index (χ0n) is 10.2. The number of imidazole rings is 1. The van der Waals surface area contributed by atoms with Crippen LogP contribution in [-0.2, 0) is 13.5 Å². The Kier molecular flexibility index (Phi) is 2.97. The smallest absolute Gasteiger partial charge is 0.109 e. The van der Waals surface area contributed by atoms with Gasteiger partial charge < -0.3 is 10.3 Å². The summed E-state index contributed by atoms with van der Waals surface area (Å²) in [6.07, 6.45) is 0.945. The lowest BCUT2D eigenvalue weighted by Crippen LogP contribution is -2.15. The summed E-state index contributed by atoms with van der Waals surface area (Å²) >= 11 is 0. The molecule has 1 unspecified atom stereocenters. The van der Waals surface area contributed by atoms with Gasteiger partial charge in [0.15, 0.2) is 0 Å². The molecular weight excluding hydrogens is 198 g/mol. The zero-order valence-corrected chi connectivity index (χ0v) is 10.2. The Labute approximate surface area is 96.3 Å². The number of hydrogen-bond acceptors (Lipinski definition) is 2. The highest BCUT2D eigenvalue weighted by Gasteiger charge is 2.10. The van der Waals surface area contributed by atoms with Gasteiger partial charge in [-0.05, 0) is 37.1 Å². The van der Waals surface area contributed by atoms with E-state index >= 15 is 0 Å². The van der Waals surface area contributed by atoms with Gasteiger partial charge >= 0.3 is 0 Å². The van der Waals surface area contributed by atoms with Gasteiger partial charge in [0.05, 0.1) is 11.0 Å². The summed E-state index contributed by atoms with van der Waals surface area (Å²) in [7, 11) is 2.07. The molecule has 0 aliphatic carbocycles. The van der Waals surface area contributed by atoms with E-state index in [-0.39, 0.29) is 0 Å². The number of nitrogens with zero attached hydrogens (tertiary/aromatic N) is 2. The fraction of sp³-hybridized carbons (Fsp3) is 0.462. The summed E-state index contributed by atoms with van der Waals surface area (Å²) < 4.78 is 2.17. The number of aromatic nitrogens is 2. The van der Waals surface area contributed by atoms with Crippen molar-refractivity contribution < 1.29 is 0 Å². The Bertz CT molecular complexity index is 499. The Morgan fingerprint density at radius 3 is 2.88 bits per heavy atom. The van der Waals surface area contributed by atoms with E-state index in [1.165, 1.54) is 11.1 Å². The van der Waals surface area contributed by atoms with Crippen LogP contribution in [0.4, 0.5) is 0 Å². The van der Waals surface area contributed by atoms with Gasteiger partial charge in [0.2, 0.25) is 0 Å². The highest BCUT2D eigenvalue weighted by atomic mass is 15.1. The summed E-state index contributed by atoms with van der Waals surface area (Å²) in [5, 5.41) is 0. The molecule has 0 spiro atoms. The molecule has 0 aliphatic rings. The maximum Gasteiger partial charge on any atom is 0.109 e. The van der Waals surface area contributed by atoms with Crippen LogP contribution in [-0.4, -0.2) is 16.1 Å². The third-order valence-electron chi connectivity index (χ3n) is 3.06. The minimum atomic E-state index is 0.483. The largest absolute Gasteiger partial charge is 0.331 e. The highest BCUT2D eigenvalue weighted by Crippen LogP contribution is 2.18. The van der Waals surface area contributed by atoms with Crippen molar-refractivity contribution in [1.82, 2.24) is 9.55 Å². The number of rotatable bonds is 3. The molecule has 3 nitrogen and oxygen atoms in total. The van der Waals surface area contributed by atoms with E-state index in [0.717, 1.165) is 17.8 Å². The van der Waals surface area contributed by atoms with Gasteiger partial charge in [0.1, 0.15) is 5.82 Å². The number of aryl methyl sites for hydroxylation is 2. The van der Waals surface area contributed by atoms with Crippen LogP contribution in [0.1, 0.15) is 18.3 Å². The molecule has 16 heavy (non-hydrogen) atoms. The second-order valence-electron chi connectivity index (χ2n) is 4.62. The number of nitrogens with two attached hydrogens (primary N) is 1. The standard InChI is InChI=1S/C13H19N3/c1-9-4-5-12-11(6-9)15-13(16(12)3)7-10(2)8-14/h4-6,10H,7-8,14H2,1-3H3. The Balaban J connectivity index is 2.43. The average molecular weight is 217 g/mol. The molecule has 0 aliphatic heterocycles. The molecule has 1 heterocycles. The van der Waals surface area contributed by atoms with Crippen LogP contribution in [0.15, 0.2) is 18.2 Å². The van der Waals surface area contributed by atoms with Gasteiger partial charge in [0.25, 0.3) is 0 Å². The van der Waals surface area contributed by atoms with Crippen molar-refractivity contribution >= 4 is 11.0 Å². The molecule has 2 aromatic rings. The van der Waals surface area contributed by atoms with Crippen molar-refractivity contribution in [2.24, 2.45) is 18.7 Å². The van der Waals surface area contributed by atoms with Crippen molar-refractivity contribution in [3.63, 3.8) is 0 Å². The molecular formula is C13H19N3. The molecule has 0 saturated carbocycles. The van der Waals surface area contributed by atoms with Crippen molar-refractivity contribution in [1.29, 1.82) is 0 Å². The fourth-order valence-corrected chi connectivity index (χ4v) is 1.94. The van der Waals surface area contributed by atoms with E-state index in [9.17, 15) is 0 Å². The van der Waals surface area contributed by atoms with E-state index in [2.05, 4.69) is 48.6 Å². The molecule has 2 N–H and O–H groups in total. The van der Waals surface area contributed by atoms with Crippen LogP contribution < -0.4 is 5.73 Å². The van der Waals surface area contributed by atoms with E-state index in [4.69, 9.17) is 5.73 Å². The van der Waals surface area contributed by atoms with Crippen LogP contribution in [0.2, 0.25) is 0 Å². The normalized spacial score (nSPS) is 13.2. The maximum absolute atomic E-state index is 5.65. The lowest BCUT2D eigenvalue weighted by atomic mass is 10.1. The van der Waals surface area contributed by atoms with Gasteiger partial charge in [-0.3, -0.25) is 0 Å². The molecule has 1 aromatic carbocycles. The first-order valence-corrected chi connectivity index (χ1v) is 5.74. The summed E-state index contributed by atoms with van der Waals surface area (Å²) in [5.74, 6) is 1.61. The van der Waals surface area contributed by atoms with Crippen LogP contribution >= 0.6 is 0 Å². The zero-order chi connectivity index (χ0) is 11.7. The average Bonchev–Trinajstić information content (AvgIpc) is 2.55. The first kappa shape index (κ1) is 11.1. The lowest BCUT2D eigenvalue weighted by Gasteiger charge is -2.07. The van der Waals surface area contributed by atoms with Gasteiger partial charge in [-0.15, -0.1) is 0 Å². The quantitative estimate of drug-likeness (QED) is 0.854. The molecule has 0 saturated heterocycles. The number of fused-ring (bicyclic) bond motifs is 1. The SMILES string of the molecule is Cc1ccc2c(c1)nc(CC(C)CN)n2C. The van der Waals surface area contributed by atoms with Gasteiger partial charge in [-0.1, -0.05) is 13.0 Å². The van der Waals surface area contributed by atoms with Crippen LogP contribution in [0.5, 0.6) is 0 Å². The van der Waals surface area contributed by atoms with E-state index in [1.807, 2.05) is 0 Å². The topological polar surface area (TPSA) is 43.8 Å². The molecule has 1 aromatic heterocycles. The van der Waals surface area contributed by atoms with Crippen molar-refractivity contribution in [2.45, 2.75) is 20.3 Å². The van der Waals surface area contributed by atoms with E-state index < -0.39 is 0 Å². The molecule has 0 fully saturated rings. The van der Waals surface area contributed by atoms with Gasteiger partial charge in [0, 0.05) is 13.5 Å². The minimum absolute atomic E-state index is 0.483. The molecule has 0 bridgehead atoms. The van der Waals surface area contributed by atoms with Crippen molar-refractivity contribution in [3.8, 4) is 0 Å². The molecule has 2 rings (SSSR count). The monoisotopic (exact) mass is 217 g/mol. The summed E-state index contributed by atoms with van der Waals surface area (Å²) in [4.78, 5) is 4.67. The number of benzene rings is 1. The molecule has 1 atom stereocenters. The van der Waals surface area contributed by atoms with Crippen molar-refractivity contribution in [2.75, 3.05) is 6.54 Å². The highest BCUT2D eigenvalue weighted by molar-refractivity contribution is 5.76. The third-order valence-corrected chi connectivity index (χ3v) is 3.06. The first-order valence-electron chi connectivity index (χ1n) is 5.74. The first-order chi connectivity index (χ1) is 7.61. The molecule has 3 heteroatoms. The summed E-state index contributed by atoms with van der Waals surface area (Å²) in [5.41, 5.74) is 9.19. The Morgan fingerprint density at radius 2 is 2.19 bits per heavy atom. The summed E-state index contributed by atoms with van der Waals surface area (Å²) in [6, 6.07) is 6.39. The van der Waals surface area contributed by atoms with Crippen molar-refractivity contribution in [3.05, 3.63) is 29.6 Å². The van der Waals surface area contributed by atoms with E-state index in [1.54, 1.807) is 0 Å². The number of hydrogen-bond donors (Lipinski definition) is 1. The van der Waals surface area contributed by atoms with E-state index in [0.29, 0.717) is 12.5 Å². The van der Waals surface area contributed by atoms with Gasteiger partial charge in [-0.2, -0.15) is 0 Å². The lowest BCUT2D eigenvalue weighted by molar-refractivity contribution is 0.563. The molecule has 0 amide bonds. The molecule has 86 valence electrons. The predicted molar refractivity (Wildman–Crippen MR) is 67.4 cm³/mol. The van der Waals surface area contributed by atoms with Crippen LogP contribution in [0, 0.1) is 12.8 Å². The summed E-state index contributed by atoms with van der Waals surface area (Å²) in [6.45, 7) is 4.96. The van der Waals surface area contributed by atoms with Gasteiger partial charge in [-0.25, -0.2) is 4.98 Å². The molecule has 0 radical (unpaired) electrons. The van der Waals surface area contributed by atoms with Crippen LogP contribution in [0.3, 0.4) is 0 Å².